The number of carbonyl (C=O) groups is 2. The van der Waals surface area contributed by atoms with Crippen LogP contribution in [0.25, 0.3) is 0 Å². The molecular weight excluding hydrogens is 306 g/mol. The van der Waals surface area contributed by atoms with Crippen LogP contribution in [0.1, 0.15) is 40.5 Å². The molecule has 6 heteroatoms. The van der Waals surface area contributed by atoms with Crippen molar-refractivity contribution >= 4 is 11.7 Å². The van der Waals surface area contributed by atoms with Gasteiger partial charge >= 0.3 is 6.01 Å². The van der Waals surface area contributed by atoms with Crippen LogP contribution in [-0.4, -0.2) is 45.8 Å². The lowest BCUT2D eigenvalue weighted by atomic mass is 10.0. The number of carbonyl (C=O) groups excluding carboxylic acids is 2. The first-order valence-corrected chi connectivity index (χ1v) is 7.97. The van der Waals surface area contributed by atoms with Gasteiger partial charge in [-0.1, -0.05) is 12.1 Å². The van der Waals surface area contributed by atoms with E-state index in [1.165, 1.54) is 6.92 Å². The smallest absolute Gasteiger partial charge is 0.316 e. The molecule has 0 bridgehead atoms. The van der Waals surface area contributed by atoms with Gasteiger partial charge in [0.1, 0.15) is 6.10 Å². The maximum Gasteiger partial charge on any atom is 0.316 e. The molecule has 1 aromatic carbocycles. The number of ether oxygens (including phenoxy) is 1. The summed E-state index contributed by atoms with van der Waals surface area (Å²) in [7, 11) is 0. The molecule has 2 heterocycles. The molecule has 0 spiro atoms. The summed E-state index contributed by atoms with van der Waals surface area (Å²) < 4.78 is 5.76. The van der Waals surface area contributed by atoms with Gasteiger partial charge in [0.05, 0.1) is 6.54 Å². The van der Waals surface area contributed by atoms with E-state index in [1.807, 2.05) is 0 Å². The van der Waals surface area contributed by atoms with Crippen LogP contribution in [0.4, 0.5) is 0 Å². The van der Waals surface area contributed by atoms with Crippen molar-refractivity contribution in [2.75, 3.05) is 13.1 Å². The van der Waals surface area contributed by atoms with Gasteiger partial charge in [-0.05, 0) is 38.0 Å². The summed E-state index contributed by atoms with van der Waals surface area (Å²) in [4.78, 5) is 33.8. The van der Waals surface area contributed by atoms with E-state index < -0.39 is 0 Å². The molecule has 1 saturated heterocycles. The number of likely N-dealkylation sites (tertiary alicyclic amines) is 1. The standard InChI is InChI=1S/C18H19N3O3/c1-13(22)14-5-7-15(8-6-14)17(23)21-11-2-4-16(12-21)24-18-19-9-3-10-20-18/h3,5-10,16H,2,4,11-12H2,1H3. The van der Waals surface area contributed by atoms with Crippen LogP contribution in [0.2, 0.25) is 0 Å². The Balaban J connectivity index is 1.65. The van der Waals surface area contributed by atoms with Gasteiger partial charge in [-0.15, -0.1) is 0 Å². The summed E-state index contributed by atoms with van der Waals surface area (Å²) in [5, 5.41) is 0. The van der Waals surface area contributed by atoms with Crippen LogP contribution in [0.15, 0.2) is 42.7 Å². The second-order valence-corrected chi connectivity index (χ2v) is 5.80. The Morgan fingerprint density at radius 2 is 1.79 bits per heavy atom. The molecule has 0 saturated carbocycles. The summed E-state index contributed by atoms with van der Waals surface area (Å²) in [6.45, 7) is 2.71. The number of benzene rings is 1. The van der Waals surface area contributed by atoms with E-state index >= 15 is 0 Å². The molecular formula is C18H19N3O3. The third kappa shape index (κ3) is 3.76. The zero-order valence-corrected chi connectivity index (χ0v) is 13.5. The van der Waals surface area contributed by atoms with Gasteiger partial charge < -0.3 is 9.64 Å². The average Bonchev–Trinajstić information content (AvgIpc) is 2.62. The SMILES string of the molecule is CC(=O)c1ccc(C(=O)N2CCCC(Oc3ncccn3)C2)cc1. The first-order chi connectivity index (χ1) is 11.6. The van der Waals surface area contributed by atoms with E-state index in [0.29, 0.717) is 30.2 Å². The Morgan fingerprint density at radius 3 is 2.46 bits per heavy atom. The Labute approximate surface area is 140 Å². The number of rotatable bonds is 4. The molecule has 1 fully saturated rings. The number of aromatic nitrogens is 2. The molecule has 1 amide bonds. The molecule has 0 N–H and O–H groups in total. The molecule has 1 unspecified atom stereocenters. The highest BCUT2D eigenvalue weighted by atomic mass is 16.5. The van der Waals surface area contributed by atoms with Crippen molar-refractivity contribution < 1.29 is 14.3 Å². The molecule has 0 aliphatic carbocycles. The summed E-state index contributed by atoms with van der Waals surface area (Å²) in [6.07, 6.45) is 4.89. The van der Waals surface area contributed by atoms with E-state index in [9.17, 15) is 9.59 Å². The van der Waals surface area contributed by atoms with Crippen LogP contribution in [0.5, 0.6) is 6.01 Å². The van der Waals surface area contributed by atoms with Gasteiger partial charge in [0.25, 0.3) is 5.91 Å². The number of Topliss-reactive ketones (excluding diaryl/α,β-unsaturated/α-hetero) is 1. The van der Waals surface area contributed by atoms with Gasteiger partial charge in [0.15, 0.2) is 5.78 Å². The highest BCUT2D eigenvalue weighted by Crippen LogP contribution is 2.17. The van der Waals surface area contributed by atoms with Crippen molar-refractivity contribution in [2.45, 2.75) is 25.9 Å². The van der Waals surface area contributed by atoms with E-state index in [4.69, 9.17) is 4.74 Å². The molecule has 1 aromatic heterocycles. The number of hydrogen-bond donors (Lipinski definition) is 0. The molecule has 24 heavy (non-hydrogen) atoms. The molecule has 1 atom stereocenters. The predicted octanol–water partition coefficient (Wildman–Crippen LogP) is 2.36. The molecule has 1 aliphatic heterocycles. The zero-order valence-electron chi connectivity index (χ0n) is 13.5. The van der Waals surface area contributed by atoms with Gasteiger partial charge in [0.2, 0.25) is 0 Å². The molecule has 1 aliphatic rings. The predicted molar refractivity (Wildman–Crippen MR) is 88.0 cm³/mol. The maximum absolute atomic E-state index is 12.6. The Kier molecular flexibility index (Phi) is 4.84. The third-order valence-electron chi connectivity index (χ3n) is 4.02. The summed E-state index contributed by atoms with van der Waals surface area (Å²) in [5.41, 5.74) is 1.18. The second-order valence-electron chi connectivity index (χ2n) is 5.80. The number of nitrogens with zero attached hydrogens (tertiary/aromatic N) is 3. The van der Waals surface area contributed by atoms with Crippen molar-refractivity contribution in [3.63, 3.8) is 0 Å². The highest BCUT2D eigenvalue weighted by Gasteiger charge is 2.26. The minimum absolute atomic E-state index is 0.0108. The molecule has 3 rings (SSSR count). The normalized spacial score (nSPS) is 17.4. The quantitative estimate of drug-likeness (QED) is 0.807. The molecule has 6 nitrogen and oxygen atoms in total. The fourth-order valence-corrected chi connectivity index (χ4v) is 2.74. The van der Waals surface area contributed by atoms with Crippen molar-refractivity contribution in [1.82, 2.24) is 14.9 Å². The van der Waals surface area contributed by atoms with Gasteiger partial charge in [-0.2, -0.15) is 0 Å². The third-order valence-corrected chi connectivity index (χ3v) is 4.02. The lowest BCUT2D eigenvalue weighted by Crippen LogP contribution is -2.44. The van der Waals surface area contributed by atoms with Crippen molar-refractivity contribution in [3.8, 4) is 6.01 Å². The van der Waals surface area contributed by atoms with E-state index in [1.54, 1.807) is 47.6 Å². The molecule has 2 aromatic rings. The first-order valence-electron chi connectivity index (χ1n) is 7.97. The largest absolute Gasteiger partial charge is 0.458 e. The van der Waals surface area contributed by atoms with Crippen LogP contribution < -0.4 is 4.74 Å². The van der Waals surface area contributed by atoms with Gasteiger partial charge in [0, 0.05) is 30.1 Å². The minimum Gasteiger partial charge on any atom is -0.458 e. The monoisotopic (exact) mass is 325 g/mol. The lowest BCUT2D eigenvalue weighted by Gasteiger charge is -2.32. The van der Waals surface area contributed by atoms with Gasteiger partial charge in [-0.25, -0.2) is 9.97 Å². The summed E-state index contributed by atoms with van der Waals surface area (Å²) >= 11 is 0. The summed E-state index contributed by atoms with van der Waals surface area (Å²) in [5.74, 6) is -0.0596. The fraction of sp³-hybridized carbons (Fsp3) is 0.333. The van der Waals surface area contributed by atoms with Crippen LogP contribution in [0, 0.1) is 0 Å². The number of ketones is 1. The Bertz CT molecular complexity index is 716. The topological polar surface area (TPSA) is 72.4 Å². The minimum atomic E-state index is -0.110. The van der Waals surface area contributed by atoms with Crippen LogP contribution in [-0.2, 0) is 0 Å². The maximum atomic E-state index is 12.6. The van der Waals surface area contributed by atoms with Gasteiger partial charge in [-0.3, -0.25) is 9.59 Å². The van der Waals surface area contributed by atoms with E-state index in [2.05, 4.69) is 9.97 Å². The van der Waals surface area contributed by atoms with Crippen molar-refractivity contribution in [1.29, 1.82) is 0 Å². The fourth-order valence-electron chi connectivity index (χ4n) is 2.74. The Morgan fingerprint density at radius 1 is 1.12 bits per heavy atom. The van der Waals surface area contributed by atoms with E-state index in [-0.39, 0.29) is 17.8 Å². The second kappa shape index (κ2) is 7.21. The molecule has 0 radical (unpaired) electrons. The zero-order chi connectivity index (χ0) is 16.9. The number of amides is 1. The van der Waals surface area contributed by atoms with Crippen molar-refractivity contribution in [3.05, 3.63) is 53.9 Å². The summed E-state index contributed by atoms with van der Waals surface area (Å²) in [6, 6.07) is 8.83. The highest BCUT2D eigenvalue weighted by molar-refractivity contribution is 5.97. The number of piperidine rings is 1. The lowest BCUT2D eigenvalue weighted by molar-refractivity contribution is 0.0515. The van der Waals surface area contributed by atoms with Crippen LogP contribution >= 0.6 is 0 Å². The van der Waals surface area contributed by atoms with E-state index in [0.717, 1.165) is 12.8 Å². The Hall–Kier alpha value is -2.76. The van der Waals surface area contributed by atoms with Crippen LogP contribution in [0.3, 0.4) is 0 Å². The first kappa shape index (κ1) is 16.1. The van der Waals surface area contributed by atoms with Crippen molar-refractivity contribution in [2.24, 2.45) is 0 Å². The number of hydrogen-bond acceptors (Lipinski definition) is 5. The molecule has 124 valence electrons. The average molecular weight is 325 g/mol.